The molecule has 1 saturated heterocycles. The lowest BCUT2D eigenvalue weighted by Gasteiger charge is -2.22. The van der Waals surface area contributed by atoms with E-state index in [0.29, 0.717) is 16.2 Å². The largest absolute Gasteiger partial charge is 0.387 e. The summed E-state index contributed by atoms with van der Waals surface area (Å²) in [4.78, 5) is 8.41. The zero-order chi connectivity index (χ0) is 19.3. The van der Waals surface area contributed by atoms with E-state index in [0.717, 1.165) is 16.6 Å². The van der Waals surface area contributed by atoms with E-state index in [1.807, 2.05) is 19.9 Å². The van der Waals surface area contributed by atoms with Gasteiger partial charge in [0.15, 0.2) is 6.23 Å². The SMILES string of the molecule is Cc1cc([C@@H](O)[C@H]2O[C@@H](n3ccc4c(C)ncnc43)[C@H](O)[C@@H]2O)ccc1Cl. The minimum Gasteiger partial charge on any atom is -0.387 e. The molecule has 142 valence electrons. The number of fused-ring (bicyclic) bond motifs is 1. The number of nitrogens with zero attached hydrogens (tertiary/aromatic N) is 3. The van der Waals surface area contributed by atoms with Crippen molar-refractivity contribution in [3.8, 4) is 0 Å². The molecule has 4 rings (SSSR count). The molecule has 1 aliphatic rings. The molecule has 3 N–H and O–H groups in total. The number of hydrogen-bond acceptors (Lipinski definition) is 6. The molecule has 5 atom stereocenters. The molecule has 3 aromatic rings. The van der Waals surface area contributed by atoms with Crippen molar-refractivity contribution in [2.75, 3.05) is 0 Å². The first-order valence-electron chi connectivity index (χ1n) is 8.62. The zero-order valence-corrected chi connectivity index (χ0v) is 15.6. The van der Waals surface area contributed by atoms with Crippen molar-refractivity contribution >= 4 is 22.6 Å². The number of aliphatic hydroxyl groups excluding tert-OH is 3. The van der Waals surface area contributed by atoms with Crippen LogP contribution in [0.15, 0.2) is 36.8 Å². The maximum absolute atomic E-state index is 10.7. The van der Waals surface area contributed by atoms with Crippen LogP contribution >= 0.6 is 11.6 Å². The maximum atomic E-state index is 10.7. The van der Waals surface area contributed by atoms with Crippen LogP contribution in [0.5, 0.6) is 0 Å². The van der Waals surface area contributed by atoms with Gasteiger partial charge in [0.05, 0.1) is 5.69 Å². The summed E-state index contributed by atoms with van der Waals surface area (Å²) in [6.45, 7) is 3.70. The van der Waals surface area contributed by atoms with Crippen molar-refractivity contribution in [1.82, 2.24) is 14.5 Å². The first-order chi connectivity index (χ1) is 12.9. The summed E-state index contributed by atoms with van der Waals surface area (Å²) in [5.41, 5.74) is 2.77. The number of halogens is 1. The van der Waals surface area contributed by atoms with Crippen LogP contribution < -0.4 is 0 Å². The normalized spacial score (nSPS) is 26.6. The second kappa shape index (κ2) is 6.85. The minimum absolute atomic E-state index is 0.560. The van der Waals surface area contributed by atoms with Crippen molar-refractivity contribution in [3.63, 3.8) is 0 Å². The van der Waals surface area contributed by atoms with Gasteiger partial charge in [-0.05, 0) is 37.1 Å². The Balaban J connectivity index is 1.66. The van der Waals surface area contributed by atoms with Crippen LogP contribution in [0.4, 0.5) is 0 Å². The number of aromatic nitrogens is 3. The number of benzene rings is 1. The van der Waals surface area contributed by atoms with Crippen LogP contribution in [0.2, 0.25) is 5.02 Å². The molecule has 0 spiro atoms. The highest BCUT2D eigenvalue weighted by molar-refractivity contribution is 6.31. The number of aliphatic hydroxyl groups is 3. The van der Waals surface area contributed by atoms with Gasteiger partial charge in [-0.2, -0.15) is 0 Å². The third kappa shape index (κ3) is 3.01. The highest BCUT2D eigenvalue weighted by atomic mass is 35.5. The van der Waals surface area contributed by atoms with Crippen molar-refractivity contribution < 1.29 is 20.1 Å². The first-order valence-corrected chi connectivity index (χ1v) is 9.00. The van der Waals surface area contributed by atoms with Crippen LogP contribution in [0.3, 0.4) is 0 Å². The van der Waals surface area contributed by atoms with Crippen molar-refractivity contribution in [2.24, 2.45) is 0 Å². The number of hydrogen-bond donors (Lipinski definition) is 3. The number of aryl methyl sites for hydroxylation is 2. The van der Waals surface area contributed by atoms with Crippen molar-refractivity contribution in [2.45, 2.75) is 44.5 Å². The Morgan fingerprint density at radius 2 is 1.93 bits per heavy atom. The molecular formula is C19H20ClN3O4. The van der Waals surface area contributed by atoms with E-state index in [-0.39, 0.29) is 0 Å². The van der Waals surface area contributed by atoms with Crippen LogP contribution in [-0.4, -0.2) is 48.2 Å². The fourth-order valence-corrected chi connectivity index (χ4v) is 3.64. The molecule has 0 unspecified atom stereocenters. The van der Waals surface area contributed by atoms with Gasteiger partial charge in [-0.25, -0.2) is 9.97 Å². The van der Waals surface area contributed by atoms with Gasteiger partial charge in [-0.1, -0.05) is 23.7 Å². The molecule has 0 aliphatic carbocycles. The molecule has 2 aromatic heterocycles. The van der Waals surface area contributed by atoms with E-state index < -0.39 is 30.6 Å². The monoisotopic (exact) mass is 389 g/mol. The summed E-state index contributed by atoms with van der Waals surface area (Å²) in [7, 11) is 0. The fourth-order valence-electron chi connectivity index (χ4n) is 3.52. The fraction of sp³-hybridized carbons (Fsp3) is 0.368. The predicted molar refractivity (Wildman–Crippen MR) is 99.3 cm³/mol. The third-order valence-electron chi connectivity index (χ3n) is 5.09. The van der Waals surface area contributed by atoms with Crippen molar-refractivity contribution in [1.29, 1.82) is 0 Å². The van der Waals surface area contributed by atoms with Crippen molar-refractivity contribution in [3.05, 3.63) is 58.6 Å². The molecule has 0 amide bonds. The maximum Gasteiger partial charge on any atom is 0.164 e. The molecule has 0 bridgehead atoms. The van der Waals surface area contributed by atoms with E-state index in [2.05, 4.69) is 9.97 Å². The Labute approximate surface area is 160 Å². The van der Waals surface area contributed by atoms with Crippen LogP contribution in [0.1, 0.15) is 29.2 Å². The second-order valence-electron chi connectivity index (χ2n) is 6.85. The average Bonchev–Trinajstić information content (AvgIpc) is 3.20. The second-order valence-corrected chi connectivity index (χ2v) is 7.25. The molecule has 0 saturated carbocycles. The van der Waals surface area contributed by atoms with Gasteiger partial charge < -0.3 is 24.6 Å². The molecule has 1 aliphatic heterocycles. The van der Waals surface area contributed by atoms with E-state index in [9.17, 15) is 15.3 Å². The average molecular weight is 390 g/mol. The molecule has 3 heterocycles. The topological polar surface area (TPSA) is 101 Å². The van der Waals surface area contributed by atoms with Gasteiger partial charge in [-0.3, -0.25) is 0 Å². The summed E-state index contributed by atoms with van der Waals surface area (Å²) in [6, 6.07) is 6.94. The van der Waals surface area contributed by atoms with Crippen LogP contribution in [-0.2, 0) is 4.74 Å². The van der Waals surface area contributed by atoms with Gasteiger partial charge >= 0.3 is 0 Å². The van der Waals surface area contributed by atoms with E-state index in [4.69, 9.17) is 16.3 Å². The standard InChI is InChI=1S/C19H20ClN3O4/c1-9-7-11(3-4-13(9)20)14(24)17-15(25)16(26)19(27-17)23-6-5-12-10(2)21-8-22-18(12)23/h3-8,14-17,19,24-26H,1-2H3/t14-,15+,16-,17-,19-/m1/s1. The molecule has 0 radical (unpaired) electrons. The van der Waals surface area contributed by atoms with Crippen LogP contribution in [0, 0.1) is 13.8 Å². The summed E-state index contributed by atoms with van der Waals surface area (Å²) in [5.74, 6) is 0. The summed E-state index contributed by atoms with van der Waals surface area (Å²) >= 11 is 6.04. The lowest BCUT2D eigenvalue weighted by molar-refractivity contribution is -0.0848. The molecular weight excluding hydrogens is 370 g/mol. The van der Waals surface area contributed by atoms with E-state index >= 15 is 0 Å². The Bertz CT molecular complexity index is 992. The number of rotatable bonds is 3. The Kier molecular flexibility index (Phi) is 4.65. The highest BCUT2D eigenvalue weighted by Crippen LogP contribution is 2.38. The quantitative estimate of drug-likeness (QED) is 0.634. The molecule has 27 heavy (non-hydrogen) atoms. The summed E-state index contributed by atoms with van der Waals surface area (Å²) < 4.78 is 7.53. The molecule has 1 aromatic carbocycles. The lowest BCUT2D eigenvalue weighted by Crippen LogP contribution is -2.34. The lowest BCUT2D eigenvalue weighted by atomic mass is 9.98. The van der Waals surface area contributed by atoms with Gasteiger partial charge in [-0.15, -0.1) is 0 Å². The van der Waals surface area contributed by atoms with Gasteiger partial charge in [0.2, 0.25) is 0 Å². The number of ether oxygens (including phenoxy) is 1. The third-order valence-corrected chi connectivity index (χ3v) is 5.52. The summed E-state index contributed by atoms with van der Waals surface area (Å²) in [6.07, 6.45) is -2.30. The molecule has 8 heteroatoms. The minimum atomic E-state index is -1.26. The van der Waals surface area contributed by atoms with E-state index in [1.54, 1.807) is 29.0 Å². The molecule has 1 fully saturated rings. The van der Waals surface area contributed by atoms with Gasteiger partial charge in [0.1, 0.15) is 36.4 Å². The highest BCUT2D eigenvalue weighted by Gasteiger charge is 2.47. The Morgan fingerprint density at radius 3 is 2.67 bits per heavy atom. The Morgan fingerprint density at radius 1 is 1.15 bits per heavy atom. The van der Waals surface area contributed by atoms with E-state index in [1.165, 1.54) is 6.33 Å². The smallest absolute Gasteiger partial charge is 0.164 e. The first kappa shape index (κ1) is 18.3. The summed E-state index contributed by atoms with van der Waals surface area (Å²) in [5, 5.41) is 33.2. The van der Waals surface area contributed by atoms with Crippen LogP contribution in [0.25, 0.3) is 11.0 Å². The molecule has 7 nitrogen and oxygen atoms in total. The zero-order valence-electron chi connectivity index (χ0n) is 14.8. The Hall–Kier alpha value is -2.03. The van der Waals surface area contributed by atoms with Gasteiger partial charge in [0.25, 0.3) is 0 Å². The predicted octanol–water partition coefficient (Wildman–Crippen LogP) is 2.05. The van der Waals surface area contributed by atoms with Gasteiger partial charge in [0, 0.05) is 16.6 Å².